The highest BCUT2D eigenvalue weighted by Crippen LogP contribution is 2.33. The van der Waals surface area contributed by atoms with Crippen LogP contribution in [0.25, 0.3) is 5.69 Å². The van der Waals surface area contributed by atoms with Crippen molar-refractivity contribution in [3.63, 3.8) is 0 Å². The second kappa shape index (κ2) is 8.49. The molecule has 1 aromatic heterocycles. The van der Waals surface area contributed by atoms with E-state index in [1.54, 1.807) is 24.3 Å². The molecule has 0 radical (unpaired) electrons. The molecular weight excluding hydrogens is 434 g/mol. The number of ether oxygens (including phenoxy) is 3. The zero-order valence-electron chi connectivity index (χ0n) is 17.5. The summed E-state index contributed by atoms with van der Waals surface area (Å²) in [7, 11) is -3.79. The van der Waals surface area contributed by atoms with Crippen LogP contribution < -0.4 is 9.47 Å². The van der Waals surface area contributed by atoms with Crippen molar-refractivity contribution < 1.29 is 22.6 Å². The van der Waals surface area contributed by atoms with Crippen LogP contribution in [0.15, 0.2) is 47.6 Å². The molecule has 1 saturated heterocycles. The lowest BCUT2D eigenvalue weighted by molar-refractivity contribution is 0.0926. The van der Waals surface area contributed by atoms with E-state index in [1.807, 2.05) is 19.1 Å². The molecule has 0 unspecified atom stereocenters. The van der Waals surface area contributed by atoms with Gasteiger partial charge in [0, 0.05) is 19.7 Å². The second-order valence-corrected chi connectivity index (χ2v) is 9.76. The van der Waals surface area contributed by atoms with Crippen molar-refractivity contribution in [1.29, 1.82) is 0 Å². The lowest BCUT2D eigenvalue weighted by atomic mass is 10.2. The standard InChI is InChI=1S/C21H23N5O5S/c1-15-9-18(5-6-19(15)26-13-22-23-24-26)32(27,28)25(12-17-3-2-8-29-17)11-16-4-7-20-21(10-16)31-14-30-20/h4-7,9-10,13,17H,2-3,8,11-12,14H2,1H3/t17-/m0/s1. The fourth-order valence-electron chi connectivity index (χ4n) is 3.97. The molecule has 3 heterocycles. The summed E-state index contributed by atoms with van der Waals surface area (Å²) in [6.07, 6.45) is 3.12. The Labute approximate surface area is 185 Å². The molecule has 0 spiro atoms. The number of fused-ring (bicyclic) bond motifs is 1. The lowest BCUT2D eigenvalue weighted by Gasteiger charge is -2.25. The molecule has 2 aromatic carbocycles. The highest BCUT2D eigenvalue weighted by atomic mass is 32.2. The predicted octanol–water partition coefficient (Wildman–Crippen LogP) is 2.07. The Hall–Kier alpha value is -3.02. The fourth-order valence-corrected chi connectivity index (χ4v) is 5.52. The predicted molar refractivity (Wildman–Crippen MR) is 113 cm³/mol. The van der Waals surface area contributed by atoms with Crippen LogP contribution in [-0.4, -0.2) is 59.0 Å². The van der Waals surface area contributed by atoms with Gasteiger partial charge >= 0.3 is 0 Å². The zero-order chi connectivity index (χ0) is 22.1. The summed E-state index contributed by atoms with van der Waals surface area (Å²) in [5, 5.41) is 11.2. The minimum absolute atomic E-state index is 0.125. The molecule has 0 N–H and O–H groups in total. The number of rotatable bonds is 7. The maximum Gasteiger partial charge on any atom is 0.243 e. The Morgan fingerprint density at radius 2 is 2.03 bits per heavy atom. The fraction of sp³-hybridized carbons (Fsp3) is 0.381. The molecule has 0 saturated carbocycles. The van der Waals surface area contributed by atoms with Crippen molar-refractivity contribution in [2.45, 2.75) is 37.3 Å². The van der Waals surface area contributed by atoms with Gasteiger partial charge < -0.3 is 14.2 Å². The van der Waals surface area contributed by atoms with E-state index in [0.717, 1.165) is 29.7 Å². The zero-order valence-corrected chi connectivity index (χ0v) is 18.4. The first kappa shape index (κ1) is 20.9. The van der Waals surface area contributed by atoms with Crippen molar-refractivity contribution in [2.75, 3.05) is 19.9 Å². The Morgan fingerprint density at radius 1 is 1.16 bits per heavy atom. The molecule has 1 atom stereocenters. The van der Waals surface area contributed by atoms with E-state index in [2.05, 4.69) is 15.5 Å². The van der Waals surface area contributed by atoms with Gasteiger partial charge in [-0.25, -0.2) is 13.1 Å². The van der Waals surface area contributed by atoms with Crippen LogP contribution in [0.3, 0.4) is 0 Å². The molecule has 168 valence electrons. The molecule has 32 heavy (non-hydrogen) atoms. The summed E-state index contributed by atoms with van der Waals surface area (Å²) in [4.78, 5) is 0.213. The molecule has 2 aliphatic heterocycles. The van der Waals surface area contributed by atoms with Crippen LogP contribution >= 0.6 is 0 Å². The summed E-state index contributed by atoms with van der Waals surface area (Å²) < 4.78 is 46.9. The van der Waals surface area contributed by atoms with Crippen LogP contribution in [0.2, 0.25) is 0 Å². The van der Waals surface area contributed by atoms with E-state index in [0.29, 0.717) is 18.1 Å². The number of sulfonamides is 1. The summed E-state index contributed by atoms with van der Waals surface area (Å²) in [5.74, 6) is 1.29. The minimum Gasteiger partial charge on any atom is -0.454 e. The quantitative estimate of drug-likeness (QED) is 0.531. The van der Waals surface area contributed by atoms with Gasteiger partial charge in [-0.2, -0.15) is 4.31 Å². The van der Waals surface area contributed by atoms with Crippen molar-refractivity contribution in [3.05, 3.63) is 53.9 Å². The van der Waals surface area contributed by atoms with Gasteiger partial charge in [0.2, 0.25) is 16.8 Å². The van der Waals surface area contributed by atoms with Gasteiger partial charge in [0.25, 0.3) is 0 Å². The van der Waals surface area contributed by atoms with Gasteiger partial charge in [-0.1, -0.05) is 6.07 Å². The number of aromatic nitrogens is 4. The summed E-state index contributed by atoms with van der Waals surface area (Å²) >= 11 is 0. The first-order chi connectivity index (χ1) is 15.5. The van der Waals surface area contributed by atoms with E-state index < -0.39 is 10.0 Å². The van der Waals surface area contributed by atoms with E-state index in [9.17, 15) is 8.42 Å². The third kappa shape index (κ3) is 4.06. The first-order valence-electron chi connectivity index (χ1n) is 10.3. The number of benzene rings is 2. The van der Waals surface area contributed by atoms with Gasteiger partial charge in [-0.3, -0.25) is 0 Å². The highest BCUT2D eigenvalue weighted by Gasteiger charge is 2.30. The molecule has 3 aromatic rings. The molecule has 0 bridgehead atoms. The third-order valence-electron chi connectivity index (χ3n) is 5.63. The summed E-state index contributed by atoms with van der Waals surface area (Å²) in [6.45, 7) is 3.14. The van der Waals surface area contributed by atoms with Gasteiger partial charge in [-0.15, -0.1) is 5.10 Å². The van der Waals surface area contributed by atoms with E-state index >= 15 is 0 Å². The second-order valence-electron chi connectivity index (χ2n) is 7.82. The normalized spacial score (nSPS) is 17.9. The van der Waals surface area contributed by atoms with E-state index in [4.69, 9.17) is 14.2 Å². The van der Waals surface area contributed by atoms with Crippen LogP contribution in [0.5, 0.6) is 11.5 Å². The van der Waals surface area contributed by atoms with Gasteiger partial charge in [0.05, 0.1) is 16.7 Å². The molecule has 0 aliphatic carbocycles. The number of tetrazole rings is 1. The average Bonchev–Trinajstić information content (AvgIpc) is 3.55. The molecular formula is C21H23N5O5S. The smallest absolute Gasteiger partial charge is 0.243 e. The number of aryl methyl sites for hydroxylation is 1. The van der Waals surface area contributed by atoms with Crippen LogP contribution in [0, 0.1) is 6.92 Å². The molecule has 2 aliphatic rings. The number of hydrogen-bond donors (Lipinski definition) is 0. The van der Waals surface area contributed by atoms with Crippen molar-refractivity contribution >= 4 is 10.0 Å². The third-order valence-corrected chi connectivity index (χ3v) is 7.44. The van der Waals surface area contributed by atoms with Gasteiger partial charge in [-0.05, 0) is 71.7 Å². The Balaban J connectivity index is 1.46. The maximum atomic E-state index is 13.7. The largest absolute Gasteiger partial charge is 0.454 e. The van der Waals surface area contributed by atoms with Crippen molar-refractivity contribution in [2.24, 2.45) is 0 Å². The minimum atomic E-state index is -3.79. The highest BCUT2D eigenvalue weighted by molar-refractivity contribution is 7.89. The average molecular weight is 458 g/mol. The molecule has 11 heteroatoms. The monoisotopic (exact) mass is 457 g/mol. The van der Waals surface area contributed by atoms with Gasteiger partial charge in [0.15, 0.2) is 11.5 Å². The van der Waals surface area contributed by atoms with E-state index in [1.165, 1.54) is 15.3 Å². The number of nitrogens with zero attached hydrogens (tertiary/aromatic N) is 5. The molecule has 5 rings (SSSR count). The number of hydrogen-bond acceptors (Lipinski definition) is 8. The first-order valence-corrected chi connectivity index (χ1v) is 11.8. The van der Waals surface area contributed by atoms with Crippen LogP contribution in [0.4, 0.5) is 0 Å². The van der Waals surface area contributed by atoms with Crippen molar-refractivity contribution in [3.8, 4) is 17.2 Å². The summed E-state index contributed by atoms with van der Waals surface area (Å²) in [5.41, 5.74) is 2.28. The van der Waals surface area contributed by atoms with Crippen LogP contribution in [-0.2, 0) is 21.3 Å². The Kier molecular flexibility index (Phi) is 5.53. The molecule has 1 fully saturated rings. The SMILES string of the molecule is Cc1cc(S(=O)(=O)N(Cc2ccc3c(c2)OCO3)C[C@@H]2CCCO2)ccc1-n1cnnn1. The topological polar surface area (TPSA) is 109 Å². The van der Waals surface area contributed by atoms with Gasteiger partial charge in [0.1, 0.15) is 6.33 Å². The molecule has 0 amide bonds. The van der Waals surface area contributed by atoms with Crippen LogP contribution in [0.1, 0.15) is 24.0 Å². The Bertz CT molecular complexity index is 1210. The Morgan fingerprint density at radius 3 is 2.78 bits per heavy atom. The molecule has 10 nitrogen and oxygen atoms in total. The summed E-state index contributed by atoms with van der Waals surface area (Å²) in [6, 6.07) is 10.4. The maximum absolute atomic E-state index is 13.7. The van der Waals surface area contributed by atoms with Crippen molar-refractivity contribution in [1.82, 2.24) is 24.5 Å². The van der Waals surface area contributed by atoms with E-state index in [-0.39, 0.29) is 30.9 Å². The lowest BCUT2D eigenvalue weighted by Crippen LogP contribution is -2.37.